The molecular formula is C23H25N3O. The molecule has 0 radical (unpaired) electrons. The summed E-state index contributed by atoms with van der Waals surface area (Å²) in [6.07, 6.45) is 6.89. The third kappa shape index (κ3) is 3.52. The van der Waals surface area contributed by atoms with Gasteiger partial charge in [-0.2, -0.15) is 0 Å². The third-order valence-corrected chi connectivity index (χ3v) is 5.26. The van der Waals surface area contributed by atoms with Gasteiger partial charge < -0.3 is 9.47 Å². The molecule has 4 heteroatoms. The molecule has 2 aromatic carbocycles. The van der Waals surface area contributed by atoms with Crippen molar-refractivity contribution in [1.29, 1.82) is 0 Å². The second-order valence-corrected chi connectivity index (χ2v) is 6.98. The first-order chi connectivity index (χ1) is 13.3. The highest BCUT2D eigenvalue weighted by molar-refractivity contribution is 5.78. The molecule has 0 saturated carbocycles. The average Bonchev–Trinajstić information content (AvgIpc) is 3.33. The molecule has 3 aromatic rings. The summed E-state index contributed by atoms with van der Waals surface area (Å²) in [5.41, 5.74) is 3.31. The lowest BCUT2D eigenvalue weighted by atomic mass is 10.2. The molecule has 1 saturated heterocycles. The molecule has 1 aromatic heterocycles. The number of para-hydroxylation sites is 2. The van der Waals surface area contributed by atoms with Crippen LogP contribution in [0, 0.1) is 0 Å². The van der Waals surface area contributed by atoms with Gasteiger partial charge in [0.05, 0.1) is 17.1 Å². The highest BCUT2D eigenvalue weighted by Gasteiger charge is 2.32. The number of carbonyl (C=O) groups is 1. The lowest BCUT2D eigenvalue weighted by molar-refractivity contribution is -0.131. The summed E-state index contributed by atoms with van der Waals surface area (Å²) in [4.78, 5) is 19.3. The van der Waals surface area contributed by atoms with Crippen LogP contribution in [0.2, 0.25) is 0 Å². The quantitative estimate of drug-likeness (QED) is 0.655. The van der Waals surface area contributed by atoms with Gasteiger partial charge in [0.1, 0.15) is 5.82 Å². The molecule has 1 atom stereocenters. The SMILES string of the molecule is CCC(=O)N1CCCC1c1nc2ccccc2n1C/C=C/c1ccccc1. The van der Waals surface area contributed by atoms with E-state index in [0.717, 1.165) is 42.8 Å². The number of benzene rings is 2. The first kappa shape index (κ1) is 17.5. The van der Waals surface area contributed by atoms with Crippen molar-refractivity contribution in [3.63, 3.8) is 0 Å². The molecule has 1 unspecified atom stereocenters. The average molecular weight is 359 g/mol. The molecule has 0 spiro atoms. The van der Waals surface area contributed by atoms with Crippen LogP contribution in [0.4, 0.5) is 0 Å². The summed E-state index contributed by atoms with van der Waals surface area (Å²) in [6, 6.07) is 18.6. The zero-order valence-electron chi connectivity index (χ0n) is 15.7. The van der Waals surface area contributed by atoms with Gasteiger partial charge in [0, 0.05) is 19.5 Å². The second-order valence-electron chi connectivity index (χ2n) is 6.98. The van der Waals surface area contributed by atoms with E-state index in [1.165, 1.54) is 5.56 Å². The lowest BCUT2D eigenvalue weighted by Gasteiger charge is -2.24. The van der Waals surface area contributed by atoms with Gasteiger partial charge in [0.15, 0.2) is 0 Å². The smallest absolute Gasteiger partial charge is 0.222 e. The van der Waals surface area contributed by atoms with Crippen LogP contribution in [0.15, 0.2) is 60.7 Å². The fourth-order valence-electron chi connectivity index (χ4n) is 3.94. The molecule has 0 N–H and O–H groups in total. The zero-order chi connectivity index (χ0) is 18.6. The molecule has 138 valence electrons. The van der Waals surface area contributed by atoms with Crippen molar-refractivity contribution in [3.8, 4) is 0 Å². The first-order valence-electron chi connectivity index (χ1n) is 9.74. The molecule has 4 nitrogen and oxygen atoms in total. The maximum atomic E-state index is 12.4. The van der Waals surface area contributed by atoms with E-state index in [2.05, 4.69) is 47.1 Å². The minimum Gasteiger partial charge on any atom is -0.333 e. The maximum Gasteiger partial charge on any atom is 0.222 e. The van der Waals surface area contributed by atoms with E-state index in [1.54, 1.807) is 0 Å². The molecule has 0 aliphatic carbocycles. The number of hydrogen-bond acceptors (Lipinski definition) is 2. The summed E-state index contributed by atoms with van der Waals surface area (Å²) >= 11 is 0. The molecule has 1 amide bonds. The Balaban J connectivity index is 1.69. The number of amides is 1. The first-order valence-corrected chi connectivity index (χ1v) is 9.74. The van der Waals surface area contributed by atoms with E-state index >= 15 is 0 Å². The standard InChI is InChI=1S/C23H25N3O/c1-2-22(27)25-16-9-15-21(25)23-24-19-13-6-7-14-20(19)26(23)17-8-12-18-10-4-3-5-11-18/h3-8,10-14,21H,2,9,15-17H2,1H3/b12-8+. The predicted molar refractivity (Wildman–Crippen MR) is 109 cm³/mol. The van der Waals surface area contributed by atoms with Crippen LogP contribution >= 0.6 is 0 Å². The minimum absolute atomic E-state index is 0.0787. The topological polar surface area (TPSA) is 38.1 Å². The van der Waals surface area contributed by atoms with E-state index in [0.29, 0.717) is 6.42 Å². The number of imidazole rings is 1. The molecule has 1 fully saturated rings. The van der Waals surface area contributed by atoms with Gasteiger partial charge in [-0.3, -0.25) is 4.79 Å². The number of allylic oxidation sites excluding steroid dienone is 1. The van der Waals surface area contributed by atoms with Gasteiger partial charge in [-0.1, -0.05) is 61.5 Å². The summed E-state index contributed by atoms with van der Waals surface area (Å²) in [7, 11) is 0. The van der Waals surface area contributed by atoms with Gasteiger partial charge in [-0.05, 0) is 30.5 Å². The Bertz CT molecular complexity index is 958. The van der Waals surface area contributed by atoms with Crippen LogP contribution < -0.4 is 0 Å². The predicted octanol–water partition coefficient (Wildman–Crippen LogP) is 4.82. The van der Waals surface area contributed by atoms with Crippen molar-refractivity contribution in [3.05, 3.63) is 72.1 Å². The number of nitrogens with zero attached hydrogens (tertiary/aromatic N) is 3. The molecule has 1 aliphatic heterocycles. The van der Waals surface area contributed by atoms with Gasteiger partial charge in [-0.25, -0.2) is 4.98 Å². The largest absolute Gasteiger partial charge is 0.333 e. The number of rotatable bonds is 5. The molecule has 0 bridgehead atoms. The van der Waals surface area contributed by atoms with E-state index in [9.17, 15) is 4.79 Å². The monoisotopic (exact) mass is 359 g/mol. The summed E-state index contributed by atoms with van der Waals surface area (Å²) in [5, 5.41) is 0. The zero-order valence-corrected chi connectivity index (χ0v) is 15.7. The second kappa shape index (κ2) is 7.78. The Kier molecular flexibility index (Phi) is 5.05. The van der Waals surface area contributed by atoms with Crippen LogP contribution in [0.1, 0.15) is 43.6 Å². The van der Waals surface area contributed by atoms with Crippen LogP contribution in [-0.4, -0.2) is 26.9 Å². The summed E-state index contributed by atoms with van der Waals surface area (Å²) in [6.45, 7) is 3.51. The van der Waals surface area contributed by atoms with E-state index in [-0.39, 0.29) is 11.9 Å². The highest BCUT2D eigenvalue weighted by Crippen LogP contribution is 2.33. The molecular weight excluding hydrogens is 334 g/mol. The van der Waals surface area contributed by atoms with Crippen LogP contribution in [0.3, 0.4) is 0 Å². The Morgan fingerprint density at radius 1 is 1.15 bits per heavy atom. The van der Waals surface area contributed by atoms with Gasteiger partial charge in [-0.15, -0.1) is 0 Å². The number of carbonyl (C=O) groups excluding carboxylic acids is 1. The Morgan fingerprint density at radius 2 is 1.93 bits per heavy atom. The van der Waals surface area contributed by atoms with Crippen molar-refractivity contribution < 1.29 is 4.79 Å². The highest BCUT2D eigenvalue weighted by atomic mass is 16.2. The van der Waals surface area contributed by atoms with Crippen LogP contribution in [0.5, 0.6) is 0 Å². The number of likely N-dealkylation sites (tertiary alicyclic amines) is 1. The van der Waals surface area contributed by atoms with Crippen molar-refractivity contribution in [2.45, 2.75) is 38.8 Å². The van der Waals surface area contributed by atoms with E-state index in [4.69, 9.17) is 4.98 Å². The Morgan fingerprint density at radius 3 is 2.74 bits per heavy atom. The number of fused-ring (bicyclic) bond motifs is 1. The van der Waals surface area contributed by atoms with Crippen LogP contribution in [-0.2, 0) is 11.3 Å². The van der Waals surface area contributed by atoms with Gasteiger partial charge in [0.2, 0.25) is 5.91 Å². The van der Waals surface area contributed by atoms with E-state index < -0.39 is 0 Å². The van der Waals surface area contributed by atoms with Crippen molar-refractivity contribution in [2.24, 2.45) is 0 Å². The summed E-state index contributed by atoms with van der Waals surface area (Å²) < 4.78 is 2.26. The fraction of sp³-hybridized carbons (Fsp3) is 0.304. The third-order valence-electron chi connectivity index (χ3n) is 5.26. The number of hydrogen-bond donors (Lipinski definition) is 0. The lowest BCUT2D eigenvalue weighted by Crippen LogP contribution is -2.31. The van der Waals surface area contributed by atoms with Crippen molar-refractivity contribution in [1.82, 2.24) is 14.5 Å². The molecule has 4 rings (SSSR count). The van der Waals surface area contributed by atoms with Crippen molar-refractivity contribution >= 4 is 23.0 Å². The van der Waals surface area contributed by atoms with Gasteiger partial charge >= 0.3 is 0 Å². The normalized spacial score (nSPS) is 17.2. The van der Waals surface area contributed by atoms with Crippen LogP contribution in [0.25, 0.3) is 17.1 Å². The molecule has 2 heterocycles. The van der Waals surface area contributed by atoms with E-state index in [1.807, 2.05) is 36.1 Å². The fourth-order valence-corrected chi connectivity index (χ4v) is 3.94. The molecule has 1 aliphatic rings. The Labute approximate surface area is 160 Å². The maximum absolute atomic E-state index is 12.4. The Hall–Kier alpha value is -2.88. The minimum atomic E-state index is 0.0787. The summed E-state index contributed by atoms with van der Waals surface area (Å²) in [5.74, 6) is 1.23. The van der Waals surface area contributed by atoms with Gasteiger partial charge in [0.25, 0.3) is 0 Å². The number of aromatic nitrogens is 2. The molecule has 27 heavy (non-hydrogen) atoms. The van der Waals surface area contributed by atoms with Crippen molar-refractivity contribution in [2.75, 3.05) is 6.54 Å².